The lowest BCUT2D eigenvalue weighted by atomic mass is 10.1. The molecule has 1 heterocycles. The molecule has 8 heteroatoms. The quantitative estimate of drug-likeness (QED) is 0.307. The number of unbranched alkanes of at least 4 members (excludes halogenated alkanes) is 1. The number of benzene rings is 3. The van der Waals surface area contributed by atoms with Gasteiger partial charge in [0.05, 0.1) is 27.7 Å². The van der Waals surface area contributed by atoms with Crippen molar-refractivity contribution in [2.24, 2.45) is 0 Å². The Bertz CT molecular complexity index is 1420. The van der Waals surface area contributed by atoms with Gasteiger partial charge in [-0.15, -0.1) is 0 Å². The Morgan fingerprint density at radius 3 is 2.56 bits per heavy atom. The highest BCUT2D eigenvalue weighted by molar-refractivity contribution is 6.30. The molecule has 0 aliphatic rings. The molecule has 1 N–H and O–H groups in total. The van der Waals surface area contributed by atoms with Gasteiger partial charge in [0.25, 0.3) is 5.56 Å². The number of amides is 2. The van der Waals surface area contributed by atoms with Crippen LogP contribution in [0.15, 0.2) is 77.6 Å². The number of para-hydroxylation sites is 1. The Balaban J connectivity index is 1.79. The van der Waals surface area contributed by atoms with Gasteiger partial charge in [0.2, 0.25) is 0 Å². The molecule has 0 spiro atoms. The topological polar surface area (TPSA) is 67.2 Å². The number of hydrogen-bond acceptors (Lipinski definition) is 3. The lowest BCUT2D eigenvalue weighted by Crippen LogP contribution is -2.43. The highest BCUT2D eigenvalue weighted by Gasteiger charge is 2.27. The molecular formula is C28H28ClFN4O2. The molecule has 2 amide bonds. The van der Waals surface area contributed by atoms with E-state index >= 15 is 0 Å². The van der Waals surface area contributed by atoms with E-state index in [2.05, 4.69) is 12.2 Å². The van der Waals surface area contributed by atoms with Crippen LogP contribution in [-0.4, -0.2) is 27.0 Å². The van der Waals surface area contributed by atoms with E-state index in [4.69, 9.17) is 16.6 Å². The monoisotopic (exact) mass is 506 g/mol. The largest absolute Gasteiger partial charge is 0.334 e. The summed E-state index contributed by atoms with van der Waals surface area (Å²) in [6.45, 7) is 4.75. The second-order valence-corrected chi connectivity index (χ2v) is 9.00. The van der Waals surface area contributed by atoms with Crippen molar-refractivity contribution in [3.8, 4) is 5.69 Å². The van der Waals surface area contributed by atoms with Crippen molar-refractivity contribution in [3.05, 3.63) is 105 Å². The van der Waals surface area contributed by atoms with Crippen molar-refractivity contribution in [1.29, 1.82) is 0 Å². The van der Waals surface area contributed by atoms with Crippen molar-refractivity contribution in [2.45, 2.75) is 39.3 Å². The van der Waals surface area contributed by atoms with E-state index in [1.54, 1.807) is 23.1 Å². The van der Waals surface area contributed by atoms with Gasteiger partial charge < -0.3 is 10.2 Å². The van der Waals surface area contributed by atoms with Gasteiger partial charge in [0, 0.05) is 13.1 Å². The Hall–Kier alpha value is -3.71. The molecule has 0 aliphatic carbocycles. The van der Waals surface area contributed by atoms with Crippen molar-refractivity contribution in [1.82, 2.24) is 19.8 Å². The molecule has 6 nitrogen and oxygen atoms in total. The minimum atomic E-state index is -0.582. The van der Waals surface area contributed by atoms with E-state index in [1.807, 2.05) is 43.3 Å². The maximum atomic E-state index is 13.9. The van der Waals surface area contributed by atoms with E-state index in [-0.39, 0.29) is 16.6 Å². The molecule has 3 aromatic carbocycles. The number of aromatic nitrogens is 2. The molecule has 1 unspecified atom stereocenters. The zero-order valence-corrected chi connectivity index (χ0v) is 21.0. The first-order valence-electron chi connectivity index (χ1n) is 12.0. The molecule has 36 heavy (non-hydrogen) atoms. The molecule has 0 aliphatic heterocycles. The number of nitrogens with one attached hydrogen (secondary N) is 1. The molecule has 4 rings (SSSR count). The van der Waals surface area contributed by atoms with Crippen molar-refractivity contribution in [2.75, 3.05) is 6.54 Å². The average molecular weight is 507 g/mol. The summed E-state index contributed by atoms with van der Waals surface area (Å²) in [6.07, 6.45) is 1.67. The van der Waals surface area contributed by atoms with E-state index in [0.717, 1.165) is 18.4 Å². The Kier molecular flexibility index (Phi) is 8.00. The third kappa shape index (κ3) is 5.41. The number of urea groups is 1. The fourth-order valence-electron chi connectivity index (χ4n) is 4.12. The Morgan fingerprint density at radius 2 is 1.83 bits per heavy atom. The zero-order chi connectivity index (χ0) is 25.7. The van der Waals surface area contributed by atoms with Crippen LogP contribution >= 0.6 is 11.6 Å². The normalized spacial score (nSPS) is 11.9. The molecule has 0 bridgehead atoms. The van der Waals surface area contributed by atoms with Crippen LogP contribution in [0.25, 0.3) is 16.6 Å². The van der Waals surface area contributed by atoms with Crippen LogP contribution in [0.4, 0.5) is 9.18 Å². The van der Waals surface area contributed by atoms with Gasteiger partial charge in [-0.25, -0.2) is 14.2 Å². The van der Waals surface area contributed by atoms with E-state index in [9.17, 15) is 14.0 Å². The third-order valence-corrected chi connectivity index (χ3v) is 6.39. The van der Waals surface area contributed by atoms with Crippen LogP contribution in [0.5, 0.6) is 0 Å². The summed E-state index contributed by atoms with van der Waals surface area (Å²) >= 11 is 6.06. The molecule has 186 valence electrons. The average Bonchev–Trinajstić information content (AvgIpc) is 2.90. The molecule has 0 saturated carbocycles. The molecule has 1 atom stereocenters. The van der Waals surface area contributed by atoms with E-state index < -0.39 is 11.9 Å². The molecule has 0 saturated heterocycles. The van der Waals surface area contributed by atoms with E-state index in [0.29, 0.717) is 35.5 Å². The van der Waals surface area contributed by atoms with Gasteiger partial charge >= 0.3 is 6.03 Å². The number of nitrogens with zero attached hydrogens (tertiary/aromatic N) is 3. The van der Waals surface area contributed by atoms with Crippen LogP contribution in [0.1, 0.15) is 44.1 Å². The van der Waals surface area contributed by atoms with Gasteiger partial charge in [-0.1, -0.05) is 67.4 Å². The summed E-state index contributed by atoms with van der Waals surface area (Å²) < 4.78 is 15.3. The van der Waals surface area contributed by atoms with Crippen LogP contribution in [0.2, 0.25) is 5.02 Å². The van der Waals surface area contributed by atoms with Crippen molar-refractivity contribution in [3.63, 3.8) is 0 Å². The summed E-state index contributed by atoms with van der Waals surface area (Å²) in [4.78, 5) is 33.5. The van der Waals surface area contributed by atoms with Gasteiger partial charge in [-0.05, 0) is 49.2 Å². The minimum absolute atomic E-state index is 0.102. The smallest absolute Gasteiger partial charge is 0.318 e. The highest BCUT2D eigenvalue weighted by atomic mass is 35.5. The number of fused-ring (bicyclic) bond motifs is 1. The minimum Gasteiger partial charge on any atom is -0.334 e. The summed E-state index contributed by atoms with van der Waals surface area (Å²) in [5.74, 6) is -0.214. The van der Waals surface area contributed by atoms with Crippen LogP contribution < -0.4 is 10.9 Å². The van der Waals surface area contributed by atoms with Gasteiger partial charge in [0.1, 0.15) is 11.6 Å². The number of halogens is 2. The van der Waals surface area contributed by atoms with Crippen LogP contribution in [0.3, 0.4) is 0 Å². The van der Waals surface area contributed by atoms with Crippen LogP contribution in [0, 0.1) is 5.82 Å². The van der Waals surface area contributed by atoms with Gasteiger partial charge in [-0.3, -0.25) is 9.36 Å². The lowest BCUT2D eigenvalue weighted by Gasteiger charge is -2.30. The first-order valence-corrected chi connectivity index (χ1v) is 12.3. The lowest BCUT2D eigenvalue weighted by molar-refractivity contribution is 0.174. The summed E-state index contributed by atoms with van der Waals surface area (Å²) in [7, 11) is 0. The fourth-order valence-corrected chi connectivity index (χ4v) is 4.29. The van der Waals surface area contributed by atoms with Crippen LogP contribution in [-0.2, 0) is 6.54 Å². The highest BCUT2D eigenvalue weighted by Crippen LogP contribution is 2.25. The second kappa shape index (κ2) is 11.4. The third-order valence-electron chi connectivity index (χ3n) is 6.10. The number of carbonyl (C=O) groups excluding carboxylic acids is 1. The maximum Gasteiger partial charge on any atom is 0.318 e. The summed E-state index contributed by atoms with van der Waals surface area (Å²) in [6, 6.07) is 20.0. The van der Waals surface area contributed by atoms with Crippen molar-refractivity contribution >= 4 is 28.5 Å². The fraction of sp³-hybridized carbons (Fsp3) is 0.250. The molecular weight excluding hydrogens is 479 g/mol. The standard InChI is InChI=1S/C28H28ClFN4O2/c1-3-4-16-33(28(36)31-18-20-10-6-5-7-11-20)19(2)26-32-25-13-9-8-12-22(25)27(35)34(26)21-14-15-24(30)23(29)17-21/h5-15,17,19H,3-4,16,18H2,1-2H3,(H,31,36). The number of rotatable bonds is 8. The molecule has 4 aromatic rings. The molecule has 1 aromatic heterocycles. The SMILES string of the molecule is CCCCN(C(=O)NCc1ccccc1)C(C)c1nc2ccccc2c(=O)n1-c1ccc(F)c(Cl)c1. The summed E-state index contributed by atoms with van der Waals surface area (Å²) in [5.41, 5.74) is 1.57. The number of carbonyl (C=O) groups is 1. The molecule has 0 radical (unpaired) electrons. The van der Waals surface area contributed by atoms with Gasteiger partial charge in [0.15, 0.2) is 0 Å². The zero-order valence-electron chi connectivity index (χ0n) is 20.2. The molecule has 0 fully saturated rings. The Morgan fingerprint density at radius 1 is 1.11 bits per heavy atom. The van der Waals surface area contributed by atoms with E-state index in [1.165, 1.54) is 22.8 Å². The first-order chi connectivity index (χ1) is 17.4. The summed E-state index contributed by atoms with van der Waals surface area (Å²) in [5, 5.41) is 3.30. The number of hydrogen-bond donors (Lipinski definition) is 1. The predicted molar refractivity (Wildman–Crippen MR) is 141 cm³/mol. The second-order valence-electron chi connectivity index (χ2n) is 8.59. The van der Waals surface area contributed by atoms with Gasteiger partial charge in [-0.2, -0.15) is 0 Å². The van der Waals surface area contributed by atoms with Crippen molar-refractivity contribution < 1.29 is 9.18 Å². The predicted octanol–water partition coefficient (Wildman–Crippen LogP) is 6.25. The maximum absolute atomic E-state index is 13.9. The first kappa shape index (κ1) is 25.4. The Labute approximate surface area is 214 Å².